The number of aromatic amines is 1. The third-order valence-electron chi connectivity index (χ3n) is 6.10. The maximum atomic E-state index is 10.2. The molecular formula is C24H25ClN4OS. The molecule has 0 bridgehead atoms. The van der Waals surface area contributed by atoms with Crippen molar-refractivity contribution in [2.24, 2.45) is 0 Å². The lowest BCUT2D eigenvalue weighted by atomic mass is 10.0. The van der Waals surface area contributed by atoms with E-state index < -0.39 is 0 Å². The smallest absolute Gasteiger partial charge is 0.197 e. The second-order valence-corrected chi connectivity index (χ2v) is 9.41. The van der Waals surface area contributed by atoms with Gasteiger partial charge in [0.25, 0.3) is 0 Å². The van der Waals surface area contributed by atoms with Gasteiger partial charge in [-0.25, -0.2) is 0 Å². The number of hydrogen-bond acceptors (Lipinski definition) is 5. The normalized spacial score (nSPS) is 15.2. The summed E-state index contributed by atoms with van der Waals surface area (Å²) in [6.45, 7) is 10.8. The number of piperazine rings is 1. The number of nitrogens with one attached hydrogen (secondary N) is 1. The average Bonchev–Trinajstić information content (AvgIpc) is 3.32. The molecule has 1 aliphatic rings. The van der Waals surface area contributed by atoms with E-state index in [-0.39, 0.29) is 5.88 Å². The number of halogens is 1. The average molecular weight is 453 g/mol. The van der Waals surface area contributed by atoms with E-state index in [0.717, 1.165) is 77.6 Å². The van der Waals surface area contributed by atoms with Gasteiger partial charge in [0.05, 0.1) is 10.2 Å². The van der Waals surface area contributed by atoms with Crippen molar-refractivity contribution in [1.29, 1.82) is 0 Å². The molecule has 5 nitrogen and oxygen atoms in total. The van der Waals surface area contributed by atoms with E-state index in [1.807, 2.05) is 13.0 Å². The maximum Gasteiger partial charge on any atom is 0.197 e. The number of anilines is 1. The zero-order valence-corrected chi connectivity index (χ0v) is 19.1. The number of H-pyrrole nitrogens is 1. The first-order chi connectivity index (χ1) is 15.0. The molecule has 1 aliphatic heterocycles. The van der Waals surface area contributed by atoms with Gasteiger partial charge in [-0.3, -0.25) is 4.90 Å². The summed E-state index contributed by atoms with van der Waals surface area (Å²) in [7, 11) is 0. The highest BCUT2D eigenvalue weighted by atomic mass is 35.5. The minimum Gasteiger partial charge on any atom is -0.494 e. The molecule has 1 saturated heterocycles. The van der Waals surface area contributed by atoms with Crippen molar-refractivity contribution in [1.82, 2.24) is 14.3 Å². The van der Waals surface area contributed by atoms with E-state index in [4.69, 9.17) is 16.0 Å². The summed E-state index contributed by atoms with van der Waals surface area (Å²) in [5.41, 5.74) is 3.55. The van der Waals surface area contributed by atoms with E-state index in [0.29, 0.717) is 0 Å². The number of aromatic nitrogens is 2. The highest BCUT2D eigenvalue weighted by molar-refractivity contribution is 7.13. The SMILES string of the molecule is C=C(C)c1c(O)[nH]c2cc(Cl)c(CCN3CCN(c4nsc5ccccc45)CC3)cc12. The minimum absolute atomic E-state index is 0.154. The molecule has 1 fully saturated rings. The van der Waals surface area contributed by atoms with Gasteiger partial charge in [0, 0.05) is 54.1 Å². The third kappa shape index (κ3) is 3.80. The molecule has 7 heteroatoms. The Bertz CT molecular complexity index is 1270. The van der Waals surface area contributed by atoms with Gasteiger partial charge in [-0.05, 0) is 60.3 Å². The lowest BCUT2D eigenvalue weighted by Crippen LogP contribution is -2.47. The second kappa shape index (κ2) is 8.19. The van der Waals surface area contributed by atoms with Crippen LogP contribution in [-0.4, -0.2) is 52.1 Å². The molecule has 0 radical (unpaired) electrons. The fourth-order valence-electron chi connectivity index (χ4n) is 4.43. The summed E-state index contributed by atoms with van der Waals surface area (Å²) in [5.74, 6) is 1.27. The van der Waals surface area contributed by atoms with Gasteiger partial charge in [-0.1, -0.05) is 30.3 Å². The highest BCUT2D eigenvalue weighted by Crippen LogP contribution is 2.35. The summed E-state index contributed by atoms with van der Waals surface area (Å²) in [5, 5.41) is 13.2. The molecule has 2 N–H and O–H groups in total. The van der Waals surface area contributed by atoms with Crippen LogP contribution in [0.2, 0.25) is 5.02 Å². The molecule has 4 aromatic rings. The fourth-order valence-corrected chi connectivity index (χ4v) is 5.49. The molecule has 0 unspecified atom stereocenters. The van der Waals surface area contributed by atoms with Crippen LogP contribution in [-0.2, 0) is 6.42 Å². The molecule has 160 valence electrons. The molecule has 2 aromatic carbocycles. The van der Waals surface area contributed by atoms with E-state index in [1.165, 1.54) is 10.1 Å². The van der Waals surface area contributed by atoms with Crippen molar-refractivity contribution in [3.05, 3.63) is 59.1 Å². The quantitative estimate of drug-likeness (QED) is 0.417. The Labute approximate surface area is 190 Å². The molecule has 31 heavy (non-hydrogen) atoms. The number of benzene rings is 2. The van der Waals surface area contributed by atoms with Crippen LogP contribution in [0.15, 0.2) is 43.0 Å². The molecule has 0 aliphatic carbocycles. The van der Waals surface area contributed by atoms with Crippen molar-refractivity contribution >= 4 is 55.5 Å². The number of rotatable bonds is 5. The van der Waals surface area contributed by atoms with Crippen molar-refractivity contribution in [3.63, 3.8) is 0 Å². The summed E-state index contributed by atoms with van der Waals surface area (Å²) in [6.07, 6.45) is 0.871. The monoisotopic (exact) mass is 452 g/mol. The van der Waals surface area contributed by atoms with Crippen molar-refractivity contribution in [3.8, 4) is 5.88 Å². The molecule has 0 amide bonds. The van der Waals surface area contributed by atoms with Gasteiger partial charge >= 0.3 is 0 Å². The number of allylic oxidation sites excluding steroid dienone is 1. The van der Waals surface area contributed by atoms with Crippen LogP contribution in [0.1, 0.15) is 18.1 Å². The summed E-state index contributed by atoms with van der Waals surface area (Å²) >= 11 is 8.13. The first-order valence-corrected chi connectivity index (χ1v) is 11.7. The van der Waals surface area contributed by atoms with Crippen LogP contribution in [0.3, 0.4) is 0 Å². The Hall–Kier alpha value is -2.54. The van der Waals surface area contributed by atoms with Crippen LogP contribution in [0.5, 0.6) is 5.88 Å². The molecule has 3 heterocycles. The van der Waals surface area contributed by atoms with E-state index in [1.54, 1.807) is 11.5 Å². The first kappa shape index (κ1) is 20.4. The molecule has 0 saturated carbocycles. The Kier molecular flexibility index (Phi) is 5.38. The number of fused-ring (bicyclic) bond motifs is 2. The number of aromatic hydroxyl groups is 1. The Morgan fingerprint density at radius 1 is 1.19 bits per heavy atom. The van der Waals surface area contributed by atoms with E-state index >= 15 is 0 Å². The molecular weight excluding hydrogens is 428 g/mol. The molecule has 0 spiro atoms. The maximum absolute atomic E-state index is 10.2. The standard InChI is InChI=1S/C24H25ClN4OS/c1-15(2)22-18-13-16(19(25)14-20(18)26-24(22)30)7-8-28-9-11-29(12-10-28)23-17-5-3-4-6-21(17)31-27-23/h3-6,13-14,26,30H,1,7-12H2,2H3. The first-order valence-electron chi connectivity index (χ1n) is 10.5. The lowest BCUT2D eigenvalue weighted by molar-refractivity contribution is 0.261. The Balaban J connectivity index is 1.26. The number of hydrogen-bond donors (Lipinski definition) is 2. The topological polar surface area (TPSA) is 55.4 Å². The van der Waals surface area contributed by atoms with Gasteiger partial charge in [0.1, 0.15) is 5.82 Å². The van der Waals surface area contributed by atoms with Crippen molar-refractivity contribution in [2.45, 2.75) is 13.3 Å². The van der Waals surface area contributed by atoms with Gasteiger partial charge in [0.2, 0.25) is 0 Å². The number of nitrogens with zero attached hydrogens (tertiary/aromatic N) is 3. The predicted molar refractivity (Wildman–Crippen MR) is 132 cm³/mol. The molecule has 0 atom stereocenters. The highest BCUT2D eigenvalue weighted by Gasteiger charge is 2.21. The molecule has 5 rings (SSSR count). The van der Waals surface area contributed by atoms with Gasteiger partial charge in [0.15, 0.2) is 5.88 Å². The largest absolute Gasteiger partial charge is 0.494 e. The van der Waals surface area contributed by atoms with Gasteiger partial charge in [-0.15, -0.1) is 0 Å². The Morgan fingerprint density at radius 2 is 1.97 bits per heavy atom. The summed E-state index contributed by atoms with van der Waals surface area (Å²) in [4.78, 5) is 7.89. The van der Waals surface area contributed by atoms with Crippen molar-refractivity contribution in [2.75, 3.05) is 37.6 Å². The molecule has 2 aromatic heterocycles. The third-order valence-corrected chi connectivity index (χ3v) is 7.27. The second-order valence-electron chi connectivity index (χ2n) is 8.20. The summed E-state index contributed by atoms with van der Waals surface area (Å²) in [6, 6.07) is 12.5. The minimum atomic E-state index is 0.154. The lowest BCUT2D eigenvalue weighted by Gasteiger charge is -2.35. The predicted octanol–water partition coefficient (Wildman–Crippen LogP) is 5.53. The van der Waals surface area contributed by atoms with E-state index in [2.05, 4.69) is 51.7 Å². The zero-order chi connectivity index (χ0) is 21.5. The van der Waals surface area contributed by atoms with Crippen LogP contribution >= 0.6 is 23.1 Å². The summed E-state index contributed by atoms with van der Waals surface area (Å²) < 4.78 is 5.95. The van der Waals surface area contributed by atoms with Crippen molar-refractivity contribution < 1.29 is 5.11 Å². The van der Waals surface area contributed by atoms with Crippen LogP contribution in [0.4, 0.5) is 5.82 Å². The van der Waals surface area contributed by atoms with Gasteiger partial charge in [-0.2, -0.15) is 4.37 Å². The fraction of sp³-hybridized carbons (Fsp3) is 0.292. The van der Waals surface area contributed by atoms with Crippen LogP contribution < -0.4 is 4.90 Å². The zero-order valence-electron chi connectivity index (χ0n) is 17.5. The van der Waals surface area contributed by atoms with Gasteiger partial charge < -0.3 is 15.0 Å². The van der Waals surface area contributed by atoms with Crippen LogP contribution in [0, 0.1) is 0 Å². The van der Waals surface area contributed by atoms with E-state index in [9.17, 15) is 5.11 Å². The Morgan fingerprint density at radius 3 is 2.74 bits per heavy atom. The van der Waals surface area contributed by atoms with Crippen LogP contribution in [0.25, 0.3) is 26.6 Å².